The van der Waals surface area contributed by atoms with E-state index >= 15 is 0 Å². The van der Waals surface area contributed by atoms with Crippen LogP contribution in [0.2, 0.25) is 0 Å². The number of non-ortho nitro benzene ring substituents is 1. The number of carbonyl (C=O) groups excluding carboxylic acids is 1. The van der Waals surface area contributed by atoms with Crippen molar-refractivity contribution in [2.24, 2.45) is 0 Å². The van der Waals surface area contributed by atoms with E-state index in [0.29, 0.717) is 11.4 Å². The van der Waals surface area contributed by atoms with Gasteiger partial charge in [0.05, 0.1) is 9.80 Å². The third-order valence-corrected chi connectivity index (χ3v) is 5.77. The molecule has 0 radical (unpaired) electrons. The second-order valence-electron chi connectivity index (χ2n) is 5.36. The summed E-state index contributed by atoms with van der Waals surface area (Å²) in [5.41, 5.74) is 0.0372. The molecule has 7 heteroatoms. The van der Waals surface area contributed by atoms with E-state index in [-0.39, 0.29) is 11.6 Å². The van der Waals surface area contributed by atoms with Crippen LogP contribution in [0.4, 0.5) is 5.69 Å². The zero-order valence-electron chi connectivity index (χ0n) is 13.3. The van der Waals surface area contributed by atoms with Crippen molar-refractivity contribution in [2.45, 2.75) is 11.3 Å². The Kier molecular flexibility index (Phi) is 5.67. The highest BCUT2D eigenvalue weighted by atomic mass is 32.2. The maximum atomic E-state index is 12.2. The first-order valence-corrected chi connectivity index (χ1v) is 9.58. The minimum absolute atomic E-state index is 0.0372. The molecule has 3 rings (SSSR count). The molecular weight excluding hydrogens is 356 g/mol. The number of benzene rings is 2. The van der Waals surface area contributed by atoms with Crippen molar-refractivity contribution in [3.8, 4) is 0 Å². The number of rotatable bonds is 7. The lowest BCUT2D eigenvalue weighted by Crippen LogP contribution is -2.23. The normalized spacial score (nSPS) is 10.7. The average molecular weight is 372 g/mol. The molecule has 1 aromatic heterocycles. The molecule has 1 heterocycles. The summed E-state index contributed by atoms with van der Waals surface area (Å²) in [6, 6.07) is 16.5. The highest BCUT2D eigenvalue weighted by Gasteiger charge is 2.12. The van der Waals surface area contributed by atoms with Crippen LogP contribution in [0.3, 0.4) is 0 Å². The summed E-state index contributed by atoms with van der Waals surface area (Å²) in [6.07, 6.45) is 0.877. The lowest BCUT2D eigenvalue weighted by Gasteiger charge is -2.03. The van der Waals surface area contributed by atoms with E-state index in [1.807, 2.05) is 18.2 Å². The second-order valence-corrected chi connectivity index (χ2v) is 7.61. The number of hydrogen-bond acceptors (Lipinski definition) is 5. The number of nitrogens with zero attached hydrogens (tertiary/aromatic N) is 1. The van der Waals surface area contributed by atoms with Crippen molar-refractivity contribution in [2.75, 3.05) is 12.3 Å². The van der Waals surface area contributed by atoms with Crippen LogP contribution in [0, 0.1) is 10.1 Å². The summed E-state index contributed by atoms with van der Waals surface area (Å²) >= 11 is 3.11. The van der Waals surface area contributed by atoms with Crippen LogP contribution < -0.4 is 5.32 Å². The number of nitro benzene ring substituents is 1. The SMILES string of the molecule is O=C(NCCCSc1ccccc1)c1cc2cc([N+](=O)[O-])ccc2s1. The summed E-state index contributed by atoms with van der Waals surface area (Å²) < 4.78 is 0.871. The summed E-state index contributed by atoms with van der Waals surface area (Å²) in [4.78, 5) is 24.4. The standard InChI is InChI=1S/C18H16N2O3S2/c21-18(19-9-4-10-24-15-5-2-1-3-6-15)17-12-13-11-14(20(22)23)7-8-16(13)25-17/h1-3,5-8,11-12H,4,9-10H2,(H,19,21). The Morgan fingerprint density at radius 1 is 1.16 bits per heavy atom. The Balaban J connectivity index is 1.51. The molecule has 0 bridgehead atoms. The van der Waals surface area contributed by atoms with E-state index in [1.54, 1.807) is 23.9 Å². The quantitative estimate of drug-likeness (QED) is 0.282. The first-order valence-electron chi connectivity index (χ1n) is 7.77. The molecule has 2 aromatic carbocycles. The maximum Gasteiger partial charge on any atom is 0.270 e. The van der Waals surface area contributed by atoms with Crippen LogP contribution in [0.25, 0.3) is 10.1 Å². The fraction of sp³-hybridized carbons (Fsp3) is 0.167. The average Bonchev–Trinajstić information content (AvgIpc) is 3.05. The largest absolute Gasteiger partial charge is 0.351 e. The summed E-state index contributed by atoms with van der Waals surface area (Å²) in [5, 5.41) is 14.5. The minimum atomic E-state index is -0.429. The van der Waals surface area contributed by atoms with Crippen molar-refractivity contribution in [3.63, 3.8) is 0 Å². The zero-order valence-corrected chi connectivity index (χ0v) is 14.9. The number of nitro groups is 1. The van der Waals surface area contributed by atoms with Crippen LogP contribution in [-0.4, -0.2) is 23.1 Å². The Hall–Kier alpha value is -2.38. The number of amides is 1. The van der Waals surface area contributed by atoms with Gasteiger partial charge in [0, 0.05) is 33.7 Å². The molecule has 1 amide bonds. The minimum Gasteiger partial charge on any atom is -0.351 e. The van der Waals surface area contributed by atoms with Gasteiger partial charge >= 0.3 is 0 Å². The van der Waals surface area contributed by atoms with Crippen LogP contribution >= 0.6 is 23.1 Å². The predicted octanol–water partition coefficient (Wildman–Crippen LogP) is 4.72. The highest BCUT2D eigenvalue weighted by molar-refractivity contribution is 7.99. The molecule has 0 aliphatic heterocycles. The zero-order chi connectivity index (χ0) is 17.6. The Bertz CT molecular complexity index is 894. The maximum absolute atomic E-state index is 12.2. The molecule has 25 heavy (non-hydrogen) atoms. The van der Waals surface area contributed by atoms with Gasteiger partial charge in [0.25, 0.3) is 11.6 Å². The van der Waals surface area contributed by atoms with E-state index in [1.165, 1.54) is 28.4 Å². The van der Waals surface area contributed by atoms with Gasteiger partial charge in [-0.3, -0.25) is 14.9 Å². The first kappa shape index (κ1) is 17.4. The van der Waals surface area contributed by atoms with Gasteiger partial charge in [0.15, 0.2) is 0 Å². The number of carbonyl (C=O) groups is 1. The molecule has 128 valence electrons. The van der Waals surface area contributed by atoms with Crippen molar-refractivity contribution in [1.29, 1.82) is 0 Å². The van der Waals surface area contributed by atoms with Gasteiger partial charge in [-0.05, 0) is 36.4 Å². The fourth-order valence-corrected chi connectivity index (χ4v) is 4.16. The van der Waals surface area contributed by atoms with Crippen molar-refractivity contribution in [1.82, 2.24) is 5.32 Å². The van der Waals surface area contributed by atoms with Gasteiger partial charge in [-0.15, -0.1) is 23.1 Å². The van der Waals surface area contributed by atoms with E-state index in [9.17, 15) is 14.9 Å². The van der Waals surface area contributed by atoms with Crippen LogP contribution in [0.5, 0.6) is 0 Å². The van der Waals surface area contributed by atoms with Gasteiger partial charge in [-0.25, -0.2) is 0 Å². The molecule has 1 N–H and O–H groups in total. The molecule has 0 spiro atoms. The molecule has 0 fully saturated rings. The smallest absolute Gasteiger partial charge is 0.270 e. The van der Waals surface area contributed by atoms with Gasteiger partial charge in [-0.1, -0.05) is 18.2 Å². The van der Waals surface area contributed by atoms with E-state index < -0.39 is 4.92 Å². The van der Waals surface area contributed by atoms with Crippen LogP contribution in [0.1, 0.15) is 16.1 Å². The monoisotopic (exact) mass is 372 g/mol. The third-order valence-electron chi connectivity index (χ3n) is 3.55. The van der Waals surface area contributed by atoms with Crippen molar-refractivity contribution < 1.29 is 9.72 Å². The molecule has 0 aliphatic rings. The summed E-state index contributed by atoms with van der Waals surface area (Å²) in [7, 11) is 0. The van der Waals surface area contributed by atoms with Gasteiger partial charge in [0.2, 0.25) is 0 Å². The van der Waals surface area contributed by atoms with Crippen LogP contribution in [0.15, 0.2) is 59.5 Å². The number of thiophene rings is 1. The number of fused-ring (bicyclic) bond motifs is 1. The number of thioether (sulfide) groups is 1. The summed E-state index contributed by atoms with van der Waals surface area (Å²) in [5.74, 6) is 0.802. The van der Waals surface area contributed by atoms with Gasteiger partial charge in [-0.2, -0.15) is 0 Å². The van der Waals surface area contributed by atoms with E-state index in [0.717, 1.165) is 22.3 Å². The fourth-order valence-electron chi connectivity index (χ4n) is 2.32. The lowest BCUT2D eigenvalue weighted by molar-refractivity contribution is -0.384. The highest BCUT2D eigenvalue weighted by Crippen LogP contribution is 2.28. The topological polar surface area (TPSA) is 72.2 Å². The second kappa shape index (κ2) is 8.13. The Morgan fingerprint density at radius 2 is 1.96 bits per heavy atom. The van der Waals surface area contributed by atoms with Crippen molar-refractivity contribution >= 4 is 44.8 Å². The Labute approximate surface area is 153 Å². The first-order chi connectivity index (χ1) is 12.1. The molecule has 0 atom stereocenters. The number of nitrogens with one attached hydrogen (secondary N) is 1. The molecule has 0 aliphatic carbocycles. The lowest BCUT2D eigenvalue weighted by atomic mass is 10.2. The number of hydrogen-bond donors (Lipinski definition) is 1. The molecular formula is C18H16N2O3S2. The molecule has 3 aromatic rings. The van der Waals surface area contributed by atoms with Crippen LogP contribution in [-0.2, 0) is 0 Å². The third kappa shape index (κ3) is 4.58. The van der Waals surface area contributed by atoms with Crippen molar-refractivity contribution in [3.05, 3.63) is 69.6 Å². The van der Waals surface area contributed by atoms with Gasteiger partial charge < -0.3 is 5.32 Å². The molecule has 0 saturated carbocycles. The molecule has 5 nitrogen and oxygen atoms in total. The summed E-state index contributed by atoms with van der Waals surface area (Å²) in [6.45, 7) is 0.604. The Morgan fingerprint density at radius 3 is 2.72 bits per heavy atom. The van der Waals surface area contributed by atoms with E-state index in [2.05, 4.69) is 17.4 Å². The predicted molar refractivity (Wildman–Crippen MR) is 103 cm³/mol. The molecule has 0 saturated heterocycles. The van der Waals surface area contributed by atoms with E-state index in [4.69, 9.17) is 0 Å². The van der Waals surface area contributed by atoms with Gasteiger partial charge in [0.1, 0.15) is 0 Å². The molecule has 0 unspecified atom stereocenters.